The number of aromatic amines is 2. The molecule has 12 heteroatoms. The molecule has 0 saturated carbocycles. The average Bonchev–Trinajstić information content (AvgIpc) is 2.81. The van der Waals surface area contributed by atoms with Gasteiger partial charge in [-0.3, -0.25) is 0 Å². The quantitative estimate of drug-likeness (QED) is 0.309. The molecule has 0 aliphatic heterocycles. The smallest absolute Gasteiger partial charge is 0.354 e. The van der Waals surface area contributed by atoms with E-state index in [0.717, 1.165) is 0 Å². The molecule has 0 atom stereocenters. The maximum absolute atomic E-state index is 12.1. The molecular formula is C10H4Br4F6N2. The molecule has 0 unspecified atom stereocenters. The fourth-order valence-corrected chi connectivity index (χ4v) is 3.88. The molecule has 0 spiro atoms. The molecule has 2 rings (SSSR count). The van der Waals surface area contributed by atoms with Gasteiger partial charge < -0.3 is 9.97 Å². The summed E-state index contributed by atoms with van der Waals surface area (Å²) in [7, 11) is 0. The molecule has 2 heterocycles. The van der Waals surface area contributed by atoms with Crippen molar-refractivity contribution in [3.8, 4) is 0 Å². The summed E-state index contributed by atoms with van der Waals surface area (Å²) in [5.74, 6) is 0. The molecule has 2 aromatic rings. The van der Waals surface area contributed by atoms with E-state index in [1.165, 1.54) is 12.3 Å². The van der Waals surface area contributed by atoms with Crippen molar-refractivity contribution in [1.29, 1.82) is 0 Å². The summed E-state index contributed by atoms with van der Waals surface area (Å²) in [4.78, 5) is 4.52. The Bertz CT molecular complexity index is 623. The van der Waals surface area contributed by atoms with Crippen LogP contribution in [0, 0.1) is 0 Å². The number of H-pyrrole nitrogens is 2. The molecule has 0 fully saturated rings. The van der Waals surface area contributed by atoms with Crippen LogP contribution in [-0.2, 0) is 12.4 Å². The van der Waals surface area contributed by atoms with E-state index in [1.807, 2.05) is 0 Å². The summed E-state index contributed by atoms with van der Waals surface area (Å²) in [6.45, 7) is 0. The fourth-order valence-electron chi connectivity index (χ4n) is 1.24. The molecule has 0 aromatic carbocycles. The Morgan fingerprint density at radius 2 is 1.36 bits per heavy atom. The molecule has 2 N–H and O–H groups in total. The average molecular weight is 586 g/mol. The zero-order chi connectivity index (χ0) is 17.3. The molecular weight excluding hydrogens is 582 g/mol. The third-order valence-corrected chi connectivity index (χ3v) is 4.39. The first-order valence-corrected chi connectivity index (χ1v) is 8.22. The number of rotatable bonds is 0. The van der Waals surface area contributed by atoms with Crippen LogP contribution in [0.4, 0.5) is 26.3 Å². The van der Waals surface area contributed by atoms with E-state index in [0.29, 0.717) is 4.60 Å². The SMILES string of the molecule is FC(F)(F)c1[nH]c(Br)cc1Br.FC(F)(F)c1c(Br)c[nH]c1Br. The predicted octanol–water partition coefficient (Wildman–Crippen LogP) is 7.12. The van der Waals surface area contributed by atoms with E-state index < -0.39 is 23.6 Å². The van der Waals surface area contributed by atoms with Gasteiger partial charge in [0.2, 0.25) is 0 Å². The highest BCUT2D eigenvalue weighted by Crippen LogP contribution is 2.39. The van der Waals surface area contributed by atoms with E-state index in [1.54, 1.807) is 0 Å². The highest BCUT2D eigenvalue weighted by atomic mass is 79.9. The van der Waals surface area contributed by atoms with Gasteiger partial charge in [-0.2, -0.15) is 26.3 Å². The minimum Gasteiger partial charge on any atom is -0.354 e. The summed E-state index contributed by atoms with van der Waals surface area (Å²) in [6, 6.07) is 1.31. The molecule has 0 aliphatic carbocycles. The Morgan fingerprint density at radius 1 is 0.818 bits per heavy atom. The lowest BCUT2D eigenvalue weighted by atomic mass is 10.3. The zero-order valence-electron chi connectivity index (χ0n) is 9.93. The largest absolute Gasteiger partial charge is 0.432 e. The molecule has 124 valence electrons. The molecule has 2 nitrogen and oxygen atoms in total. The number of nitrogens with one attached hydrogen (secondary N) is 2. The second-order valence-corrected chi connectivity index (χ2v) is 7.02. The lowest BCUT2D eigenvalue weighted by Gasteiger charge is -2.04. The van der Waals surface area contributed by atoms with Gasteiger partial charge in [0.05, 0.1) is 9.21 Å². The van der Waals surface area contributed by atoms with Crippen LogP contribution < -0.4 is 0 Å². The van der Waals surface area contributed by atoms with E-state index in [-0.39, 0.29) is 13.5 Å². The van der Waals surface area contributed by atoms with Gasteiger partial charge in [0, 0.05) is 15.1 Å². The van der Waals surface area contributed by atoms with Crippen LogP contribution in [0.25, 0.3) is 0 Å². The molecule has 2 aromatic heterocycles. The minimum absolute atomic E-state index is 0.0110. The van der Waals surface area contributed by atoms with Gasteiger partial charge in [-0.15, -0.1) is 0 Å². The third-order valence-electron chi connectivity index (χ3n) is 2.09. The van der Waals surface area contributed by atoms with Crippen molar-refractivity contribution < 1.29 is 26.3 Å². The van der Waals surface area contributed by atoms with E-state index in [2.05, 4.69) is 73.7 Å². The van der Waals surface area contributed by atoms with Crippen LogP contribution in [0.2, 0.25) is 0 Å². The van der Waals surface area contributed by atoms with Crippen molar-refractivity contribution in [2.24, 2.45) is 0 Å². The van der Waals surface area contributed by atoms with Crippen molar-refractivity contribution in [3.63, 3.8) is 0 Å². The van der Waals surface area contributed by atoms with Crippen molar-refractivity contribution in [1.82, 2.24) is 9.97 Å². The number of alkyl halides is 6. The first-order valence-electron chi connectivity index (χ1n) is 5.04. The first kappa shape index (κ1) is 20.1. The lowest BCUT2D eigenvalue weighted by molar-refractivity contribution is -0.141. The molecule has 0 amide bonds. The van der Waals surface area contributed by atoms with Crippen molar-refractivity contribution in [2.45, 2.75) is 12.4 Å². The predicted molar refractivity (Wildman–Crippen MR) is 82.4 cm³/mol. The first-order chi connectivity index (χ1) is 9.84. The normalized spacial score (nSPS) is 12.1. The topological polar surface area (TPSA) is 31.6 Å². The summed E-state index contributed by atoms with van der Waals surface area (Å²) < 4.78 is 72.4. The lowest BCUT2D eigenvalue weighted by Crippen LogP contribution is -2.05. The maximum atomic E-state index is 12.1. The van der Waals surface area contributed by atoms with Crippen molar-refractivity contribution in [3.05, 3.63) is 41.7 Å². The zero-order valence-corrected chi connectivity index (χ0v) is 16.3. The highest BCUT2D eigenvalue weighted by Gasteiger charge is 2.36. The van der Waals surface area contributed by atoms with Gasteiger partial charge in [0.25, 0.3) is 0 Å². The number of hydrogen-bond acceptors (Lipinski definition) is 0. The van der Waals surface area contributed by atoms with Gasteiger partial charge in [0.15, 0.2) is 0 Å². The highest BCUT2D eigenvalue weighted by molar-refractivity contribution is 9.11. The summed E-state index contributed by atoms with van der Waals surface area (Å²) >= 11 is 11.2. The summed E-state index contributed by atoms with van der Waals surface area (Å²) in [5.41, 5.74) is -1.48. The fraction of sp³-hybridized carbons (Fsp3) is 0.200. The molecule has 22 heavy (non-hydrogen) atoms. The summed E-state index contributed by atoms with van der Waals surface area (Å²) in [5, 5.41) is 0. The number of aromatic nitrogens is 2. The van der Waals surface area contributed by atoms with Crippen LogP contribution in [0.1, 0.15) is 11.3 Å². The summed E-state index contributed by atoms with van der Waals surface area (Å²) in [6.07, 6.45) is -7.42. The molecule has 0 bridgehead atoms. The van der Waals surface area contributed by atoms with Crippen LogP contribution in [0.3, 0.4) is 0 Å². The van der Waals surface area contributed by atoms with Crippen molar-refractivity contribution >= 4 is 63.7 Å². The van der Waals surface area contributed by atoms with E-state index >= 15 is 0 Å². The van der Waals surface area contributed by atoms with Gasteiger partial charge >= 0.3 is 12.4 Å². The standard InChI is InChI=1S/2C5H2Br2F3N/c6-2-1-11-4(7)3(2)5(8,9)10;6-2-1-3(7)11-4(2)5(8,9)10/h2*1,11H. The van der Waals surface area contributed by atoms with E-state index in [9.17, 15) is 26.3 Å². The van der Waals surface area contributed by atoms with Crippen molar-refractivity contribution in [2.75, 3.05) is 0 Å². The van der Waals surface area contributed by atoms with Gasteiger partial charge in [0.1, 0.15) is 11.3 Å². The van der Waals surface area contributed by atoms with Crippen LogP contribution >= 0.6 is 63.7 Å². The second kappa shape index (κ2) is 7.31. The monoisotopic (exact) mass is 582 g/mol. The molecule has 0 aliphatic rings. The molecule has 0 saturated heterocycles. The third kappa shape index (κ3) is 5.31. The van der Waals surface area contributed by atoms with Gasteiger partial charge in [-0.1, -0.05) is 0 Å². The Balaban J connectivity index is 0.000000220. The Labute approximate surface area is 153 Å². The van der Waals surface area contributed by atoms with Crippen LogP contribution in [0.5, 0.6) is 0 Å². The van der Waals surface area contributed by atoms with E-state index in [4.69, 9.17) is 0 Å². The maximum Gasteiger partial charge on any atom is 0.432 e. The molecule has 0 radical (unpaired) electrons. The second-order valence-electron chi connectivity index (χ2n) is 3.66. The van der Waals surface area contributed by atoms with Crippen LogP contribution in [0.15, 0.2) is 30.4 Å². The van der Waals surface area contributed by atoms with Crippen LogP contribution in [-0.4, -0.2) is 9.97 Å². The number of hydrogen-bond donors (Lipinski definition) is 2. The number of halogens is 10. The Hall–Kier alpha value is 0.0600. The minimum atomic E-state index is -4.33. The van der Waals surface area contributed by atoms with Gasteiger partial charge in [-0.05, 0) is 69.8 Å². The van der Waals surface area contributed by atoms with Gasteiger partial charge in [-0.25, -0.2) is 0 Å². The Kier molecular flexibility index (Phi) is 6.68. The Morgan fingerprint density at radius 3 is 1.55 bits per heavy atom.